The molecule has 0 saturated carbocycles. The van der Waals surface area contributed by atoms with E-state index in [9.17, 15) is 4.79 Å². The molecule has 3 rings (SSSR count). The number of rotatable bonds is 3. The van der Waals surface area contributed by atoms with Gasteiger partial charge in [0.1, 0.15) is 5.75 Å². The standard InChI is InChI=1S/C18H19NO2/c1-12-16(11-13-7-9-14(21-2)10-8-13)15-5-3-4-6-17(15)19-18(12)20/h3-10,12,16H,11H2,1-2H3,(H,19,20). The van der Waals surface area contributed by atoms with Crippen molar-refractivity contribution in [1.29, 1.82) is 0 Å². The van der Waals surface area contributed by atoms with Crippen molar-refractivity contribution in [1.82, 2.24) is 0 Å². The van der Waals surface area contributed by atoms with Crippen molar-refractivity contribution in [2.24, 2.45) is 5.92 Å². The van der Waals surface area contributed by atoms with Crippen LogP contribution in [0.15, 0.2) is 48.5 Å². The van der Waals surface area contributed by atoms with Gasteiger partial charge in [-0.25, -0.2) is 0 Å². The Morgan fingerprint density at radius 1 is 1.10 bits per heavy atom. The zero-order chi connectivity index (χ0) is 14.8. The van der Waals surface area contributed by atoms with E-state index in [1.807, 2.05) is 37.3 Å². The van der Waals surface area contributed by atoms with Crippen LogP contribution in [0.5, 0.6) is 5.75 Å². The lowest BCUT2D eigenvalue weighted by atomic mass is 9.79. The molecule has 0 saturated heterocycles. The van der Waals surface area contributed by atoms with Crippen molar-refractivity contribution >= 4 is 11.6 Å². The van der Waals surface area contributed by atoms with E-state index in [4.69, 9.17) is 4.74 Å². The van der Waals surface area contributed by atoms with Crippen LogP contribution in [0.1, 0.15) is 24.0 Å². The SMILES string of the molecule is COc1ccc(CC2c3ccccc3NC(=O)C2C)cc1. The predicted molar refractivity (Wildman–Crippen MR) is 83.7 cm³/mol. The molecule has 2 unspecified atom stereocenters. The first-order valence-electron chi connectivity index (χ1n) is 7.22. The van der Waals surface area contributed by atoms with Crippen molar-refractivity contribution in [2.75, 3.05) is 12.4 Å². The summed E-state index contributed by atoms with van der Waals surface area (Å²) in [6, 6.07) is 16.1. The number of methoxy groups -OCH3 is 1. The summed E-state index contributed by atoms with van der Waals surface area (Å²) >= 11 is 0. The molecule has 1 aliphatic rings. The topological polar surface area (TPSA) is 38.3 Å². The summed E-state index contributed by atoms with van der Waals surface area (Å²) < 4.78 is 5.19. The van der Waals surface area contributed by atoms with Gasteiger partial charge in [0.15, 0.2) is 0 Å². The molecule has 0 radical (unpaired) electrons. The lowest BCUT2D eigenvalue weighted by Crippen LogP contribution is -2.32. The van der Waals surface area contributed by atoms with Crippen LogP contribution >= 0.6 is 0 Å². The highest BCUT2D eigenvalue weighted by Crippen LogP contribution is 2.38. The van der Waals surface area contributed by atoms with Gasteiger partial charge < -0.3 is 10.1 Å². The zero-order valence-electron chi connectivity index (χ0n) is 12.3. The van der Waals surface area contributed by atoms with E-state index in [0.717, 1.165) is 17.9 Å². The Hall–Kier alpha value is -2.29. The molecule has 0 fully saturated rings. The minimum absolute atomic E-state index is 0.0259. The Kier molecular flexibility index (Phi) is 3.65. The lowest BCUT2D eigenvalue weighted by Gasteiger charge is -2.31. The van der Waals surface area contributed by atoms with Gasteiger partial charge in [-0.15, -0.1) is 0 Å². The number of anilines is 1. The van der Waals surface area contributed by atoms with Crippen LogP contribution in [0.4, 0.5) is 5.69 Å². The van der Waals surface area contributed by atoms with Gasteiger partial charge in [-0.2, -0.15) is 0 Å². The number of para-hydroxylation sites is 1. The van der Waals surface area contributed by atoms with Gasteiger partial charge in [0.25, 0.3) is 0 Å². The molecule has 1 N–H and O–H groups in total. The fraction of sp³-hybridized carbons (Fsp3) is 0.278. The Morgan fingerprint density at radius 2 is 1.81 bits per heavy atom. The van der Waals surface area contributed by atoms with E-state index in [1.165, 1.54) is 11.1 Å². The van der Waals surface area contributed by atoms with Crippen molar-refractivity contribution in [3.63, 3.8) is 0 Å². The number of nitrogens with one attached hydrogen (secondary N) is 1. The molecule has 0 aliphatic carbocycles. The van der Waals surface area contributed by atoms with Gasteiger partial charge >= 0.3 is 0 Å². The number of carbonyl (C=O) groups is 1. The minimum atomic E-state index is -0.0259. The van der Waals surface area contributed by atoms with Crippen LogP contribution in [-0.4, -0.2) is 13.0 Å². The summed E-state index contributed by atoms with van der Waals surface area (Å²) in [4.78, 5) is 12.1. The van der Waals surface area contributed by atoms with E-state index in [2.05, 4.69) is 23.5 Å². The first-order chi connectivity index (χ1) is 10.2. The minimum Gasteiger partial charge on any atom is -0.497 e. The molecule has 1 amide bonds. The van der Waals surface area contributed by atoms with Crippen LogP contribution in [0.25, 0.3) is 0 Å². The van der Waals surface area contributed by atoms with Crippen LogP contribution in [0.2, 0.25) is 0 Å². The van der Waals surface area contributed by atoms with Crippen molar-refractivity contribution < 1.29 is 9.53 Å². The molecule has 21 heavy (non-hydrogen) atoms. The molecular weight excluding hydrogens is 262 g/mol. The molecule has 2 aromatic rings. The average Bonchev–Trinajstić information content (AvgIpc) is 2.52. The first-order valence-corrected chi connectivity index (χ1v) is 7.22. The summed E-state index contributed by atoms with van der Waals surface area (Å²) in [6.45, 7) is 2.00. The Labute approximate surface area is 124 Å². The highest BCUT2D eigenvalue weighted by atomic mass is 16.5. The fourth-order valence-corrected chi connectivity index (χ4v) is 2.94. The molecule has 3 nitrogen and oxygen atoms in total. The second kappa shape index (κ2) is 5.60. The number of fused-ring (bicyclic) bond motifs is 1. The summed E-state index contributed by atoms with van der Waals surface area (Å²) in [5, 5.41) is 2.98. The quantitative estimate of drug-likeness (QED) is 0.933. The van der Waals surface area contributed by atoms with Gasteiger partial charge in [0.2, 0.25) is 5.91 Å². The first kappa shape index (κ1) is 13.7. The predicted octanol–water partition coefficient (Wildman–Crippen LogP) is 3.61. The molecule has 0 bridgehead atoms. The largest absolute Gasteiger partial charge is 0.497 e. The maximum atomic E-state index is 12.1. The highest BCUT2D eigenvalue weighted by Gasteiger charge is 2.32. The van der Waals surface area contributed by atoms with Gasteiger partial charge in [-0.1, -0.05) is 37.3 Å². The summed E-state index contributed by atoms with van der Waals surface area (Å²) in [5.41, 5.74) is 3.39. The zero-order valence-corrected chi connectivity index (χ0v) is 12.3. The summed E-state index contributed by atoms with van der Waals surface area (Å²) in [5.74, 6) is 1.14. The van der Waals surface area contributed by atoms with E-state index in [-0.39, 0.29) is 17.7 Å². The summed E-state index contributed by atoms with van der Waals surface area (Å²) in [6.07, 6.45) is 0.857. The van der Waals surface area contributed by atoms with E-state index >= 15 is 0 Å². The van der Waals surface area contributed by atoms with E-state index < -0.39 is 0 Å². The number of hydrogen-bond acceptors (Lipinski definition) is 2. The third-order valence-electron chi connectivity index (χ3n) is 4.25. The molecule has 3 heteroatoms. The summed E-state index contributed by atoms with van der Waals surface area (Å²) in [7, 11) is 1.67. The number of benzene rings is 2. The van der Waals surface area contributed by atoms with Crippen LogP contribution in [0.3, 0.4) is 0 Å². The van der Waals surface area contributed by atoms with Crippen molar-refractivity contribution in [2.45, 2.75) is 19.3 Å². The second-order valence-electron chi connectivity index (χ2n) is 5.52. The van der Waals surface area contributed by atoms with E-state index in [0.29, 0.717) is 0 Å². The van der Waals surface area contributed by atoms with Crippen LogP contribution < -0.4 is 10.1 Å². The lowest BCUT2D eigenvalue weighted by molar-refractivity contribution is -0.120. The van der Waals surface area contributed by atoms with E-state index in [1.54, 1.807) is 7.11 Å². The third-order valence-corrected chi connectivity index (χ3v) is 4.25. The monoisotopic (exact) mass is 281 g/mol. The highest BCUT2D eigenvalue weighted by molar-refractivity contribution is 5.96. The van der Waals surface area contributed by atoms with Crippen molar-refractivity contribution in [3.8, 4) is 5.75 Å². The second-order valence-corrected chi connectivity index (χ2v) is 5.52. The number of ether oxygens (including phenoxy) is 1. The molecule has 2 aromatic carbocycles. The molecule has 0 aromatic heterocycles. The van der Waals surface area contributed by atoms with Gasteiger partial charge in [-0.3, -0.25) is 4.79 Å². The number of hydrogen-bond donors (Lipinski definition) is 1. The Balaban J connectivity index is 1.90. The number of amides is 1. The molecule has 2 atom stereocenters. The van der Waals surface area contributed by atoms with Crippen LogP contribution in [-0.2, 0) is 11.2 Å². The smallest absolute Gasteiger partial charge is 0.227 e. The maximum absolute atomic E-state index is 12.1. The van der Waals surface area contributed by atoms with Gasteiger partial charge in [0.05, 0.1) is 7.11 Å². The maximum Gasteiger partial charge on any atom is 0.227 e. The molecule has 108 valence electrons. The average molecular weight is 281 g/mol. The Bertz CT molecular complexity index is 649. The molecule has 1 heterocycles. The van der Waals surface area contributed by atoms with Gasteiger partial charge in [0, 0.05) is 17.5 Å². The van der Waals surface area contributed by atoms with Gasteiger partial charge in [-0.05, 0) is 35.7 Å². The molecule has 1 aliphatic heterocycles. The fourth-order valence-electron chi connectivity index (χ4n) is 2.94. The van der Waals surface area contributed by atoms with Crippen molar-refractivity contribution in [3.05, 3.63) is 59.7 Å². The molecular formula is C18H19NO2. The normalized spacial score (nSPS) is 20.6. The Morgan fingerprint density at radius 3 is 2.52 bits per heavy atom. The third kappa shape index (κ3) is 2.64. The number of carbonyl (C=O) groups excluding carboxylic acids is 1. The van der Waals surface area contributed by atoms with Crippen LogP contribution in [0, 0.1) is 5.92 Å². The molecule has 0 spiro atoms.